The Labute approximate surface area is 288 Å². The van der Waals surface area contributed by atoms with E-state index in [1.54, 1.807) is 0 Å². The molecule has 0 spiro atoms. The highest BCUT2D eigenvalue weighted by Crippen LogP contribution is 2.54. The van der Waals surface area contributed by atoms with Crippen LogP contribution in [0.3, 0.4) is 0 Å². The molecule has 6 aromatic rings. The summed E-state index contributed by atoms with van der Waals surface area (Å²) in [6.45, 7) is 2.36. The van der Waals surface area contributed by atoms with E-state index in [2.05, 4.69) is 213 Å². The van der Waals surface area contributed by atoms with Crippen LogP contribution in [0.25, 0.3) is 0 Å². The lowest BCUT2D eigenvalue weighted by Gasteiger charge is -2.41. The summed E-state index contributed by atoms with van der Waals surface area (Å²) in [5, 5.41) is 8.44. The Bertz CT molecular complexity index is 1880. The summed E-state index contributed by atoms with van der Waals surface area (Å²) in [5.41, 5.74) is 2.73. The molecular weight excluding hydrogens is 616 g/mol. The summed E-state index contributed by atoms with van der Waals surface area (Å²) in [4.78, 5) is 2.63. The number of allylic oxidation sites excluding steroid dienone is 2. The van der Waals surface area contributed by atoms with Gasteiger partial charge in [-0.1, -0.05) is 194 Å². The Morgan fingerprint density at radius 1 is 0.500 bits per heavy atom. The van der Waals surface area contributed by atoms with Crippen LogP contribution in [0.4, 0.5) is 0 Å². The molecule has 0 aromatic heterocycles. The van der Waals surface area contributed by atoms with Crippen LogP contribution in [0, 0.1) is 5.92 Å². The lowest BCUT2D eigenvalue weighted by atomic mass is 9.90. The summed E-state index contributed by atoms with van der Waals surface area (Å²) >= 11 is 0. The minimum Gasteiger partial charge on any atom is -0.292 e. The second-order valence-electron chi connectivity index (χ2n) is 12.3. The lowest BCUT2D eigenvalue weighted by molar-refractivity contribution is 0.164. The maximum Gasteiger partial charge on any atom is 0.0461 e. The standard InChI is InChI=1S/C45H41NP2/c1-35(36-21-8-3-9-22-36)46(2)45(42-32-20-34-44(42)48(39-27-14-6-15-28-39)40-29-16-7-17-30-40)41-31-18-19-33-43(41)47(37-23-10-4-11-24-37)38-25-12-5-13-26-38/h3-35,42,45H,1-2H3/t35-,42?,45?/m1/s1. The van der Waals surface area contributed by atoms with Gasteiger partial charge in [-0.3, -0.25) is 4.90 Å². The minimum absolute atomic E-state index is 0.108. The van der Waals surface area contributed by atoms with E-state index in [0.717, 1.165) is 0 Å². The topological polar surface area (TPSA) is 3.24 Å². The molecule has 2 unspecified atom stereocenters. The van der Waals surface area contributed by atoms with Gasteiger partial charge in [-0.05, 0) is 72.8 Å². The van der Waals surface area contributed by atoms with E-state index < -0.39 is 15.8 Å². The summed E-state index contributed by atoms with van der Waals surface area (Å²) in [6, 6.07) is 65.1. The van der Waals surface area contributed by atoms with Crippen LogP contribution in [0.1, 0.15) is 30.1 Å². The molecule has 7 rings (SSSR count). The van der Waals surface area contributed by atoms with Crippen LogP contribution in [-0.2, 0) is 0 Å². The van der Waals surface area contributed by atoms with Gasteiger partial charge in [-0.15, -0.1) is 0 Å². The van der Waals surface area contributed by atoms with Gasteiger partial charge < -0.3 is 0 Å². The van der Waals surface area contributed by atoms with Crippen molar-refractivity contribution in [1.82, 2.24) is 4.90 Å². The van der Waals surface area contributed by atoms with E-state index in [9.17, 15) is 0 Å². The fourth-order valence-corrected chi connectivity index (χ4v) is 12.1. The molecule has 236 valence electrons. The van der Waals surface area contributed by atoms with Gasteiger partial charge in [0.15, 0.2) is 0 Å². The third-order valence-corrected chi connectivity index (χ3v) is 14.5. The van der Waals surface area contributed by atoms with Gasteiger partial charge in [0.25, 0.3) is 0 Å². The molecule has 0 bridgehead atoms. The first-order valence-corrected chi connectivity index (χ1v) is 19.4. The smallest absolute Gasteiger partial charge is 0.0461 e. The van der Waals surface area contributed by atoms with Crippen molar-refractivity contribution in [2.24, 2.45) is 5.92 Å². The zero-order chi connectivity index (χ0) is 32.7. The van der Waals surface area contributed by atoms with E-state index >= 15 is 0 Å². The first-order valence-electron chi connectivity index (χ1n) is 16.8. The van der Waals surface area contributed by atoms with Crippen molar-refractivity contribution in [3.63, 3.8) is 0 Å². The van der Waals surface area contributed by atoms with Gasteiger partial charge in [-0.2, -0.15) is 0 Å². The van der Waals surface area contributed by atoms with Gasteiger partial charge in [0.1, 0.15) is 0 Å². The second-order valence-corrected chi connectivity index (χ2v) is 16.7. The van der Waals surface area contributed by atoms with Crippen molar-refractivity contribution < 1.29 is 0 Å². The van der Waals surface area contributed by atoms with Gasteiger partial charge >= 0.3 is 0 Å². The molecule has 0 saturated carbocycles. The highest BCUT2D eigenvalue weighted by Gasteiger charge is 2.38. The molecule has 48 heavy (non-hydrogen) atoms. The number of hydrogen-bond acceptors (Lipinski definition) is 1. The number of benzene rings is 6. The molecule has 0 heterocycles. The predicted octanol–water partition coefficient (Wildman–Crippen LogP) is 9.38. The number of nitrogens with zero attached hydrogens (tertiary/aromatic N) is 1. The van der Waals surface area contributed by atoms with Crippen LogP contribution in [0.5, 0.6) is 0 Å². The normalized spacial score (nSPS) is 15.5. The van der Waals surface area contributed by atoms with E-state index in [0.29, 0.717) is 0 Å². The van der Waals surface area contributed by atoms with Crippen LogP contribution in [0.2, 0.25) is 0 Å². The number of hydrogen-bond donors (Lipinski definition) is 0. The third kappa shape index (κ3) is 6.78. The average molecular weight is 658 g/mol. The maximum absolute atomic E-state index is 2.63. The van der Waals surface area contributed by atoms with Crippen molar-refractivity contribution in [2.75, 3.05) is 7.05 Å². The van der Waals surface area contributed by atoms with Crippen molar-refractivity contribution in [2.45, 2.75) is 19.0 Å². The molecule has 0 aliphatic heterocycles. The van der Waals surface area contributed by atoms with Crippen LogP contribution >= 0.6 is 15.8 Å². The fourth-order valence-electron chi connectivity index (χ4n) is 6.97. The predicted molar refractivity (Wildman–Crippen MR) is 210 cm³/mol. The summed E-state index contributed by atoms with van der Waals surface area (Å²) in [6.07, 6.45) is 7.21. The van der Waals surface area contributed by atoms with E-state index in [1.807, 2.05) is 0 Å². The minimum atomic E-state index is -0.794. The van der Waals surface area contributed by atoms with E-state index in [1.165, 1.54) is 43.0 Å². The summed E-state index contributed by atoms with van der Waals surface area (Å²) < 4.78 is 0. The Hall–Kier alpha value is -4.38. The molecule has 0 fully saturated rings. The van der Waals surface area contributed by atoms with Gasteiger partial charge in [0, 0.05) is 18.0 Å². The number of rotatable bonds is 11. The molecule has 1 nitrogen and oxygen atoms in total. The largest absolute Gasteiger partial charge is 0.292 e. The van der Waals surface area contributed by atoms with Crippen molar-refractivity contribution in [3.8, 4) is 0 Å². The van der Waals surface area contributed by atoms with Crippen LogP contribution in [0.15, 0.2) is 199 Å². The zero-order valence-corrected chi connectivity index (χ0v) is 29.3. The molecule has 3 atom stereocenters. The Kier molecular flexibility index (Phi) is 10.2. The average Bonchev–Trinajstić information content (AvgIpc) is 3.63. The monoisotopic (exact) mass is 657 g/mol. The van der Waals surface area contributed by atoms with E-state index in [-0.39, 0.29) is 18.0 Å². The van der Waals surface area contributed by atoms with E-state index in [4.69, 9.17) is 0 Å². The molecule has 1 aliphatic rings. The molecular formula is C45H41NP2. The van der Waals surface area contributed by atoms with Crippen LogP contribution < -0.4 is 26.5 Å². The second kappa shape index (κ2) is 15.2. The summed E-state index contributed by atoms with van der Waals surface area (Å²) in [7, 11) is 0.795. The summed E-state index contributed by atoms with van der Waals surface area (Å²) in [5.74, 6) is 0.192. The Morgan fingerprint density at radius 3 is 1.42 bits per heavy atom. The van der Waals surface area contributed by atoms with Crippen molar-refractivity contribution in [1.29, 1.82) is 0 Å². The van der Waals surface area contributed by atoms with Gasteiger partial charge in [-0.25, -0.2) is 0 Å². The van der Waals surface area contributed by atoms with Crippen molar-refractivity contribution in [3.05, 3.63) is 211 Å². The van der Waals surface area contributed by atoms with Gasteiger partial charge in [0.05, 0.1) is 0 Å². The maximum atomic E-state index is 2.63. The molecule has 0 radical (unpaired) electrons. The molecule has 6 aromatic carbocycles. The highest BCUT2D eigenvalue weighted by atomic mass is 31.1. The van der Waals surface area contributed by atoms with Crippen LogP contribution in [-0.4, -0.2) is 11.9 Å². The highest BCUT2D eigenvalue weighted by molar-refractivity contribution is 7.80. The van der Waals surface area contributed by atoms with Crippen molar-refractivity contribution >= 4 is 42.4 Å². The third-order valence-electron chi connectivity index (χ3n) is 9.41. The first-order chi connectivity index (χ1) is 23.7. The quantitative estimate of drug-likeness (QED) is 0.126. The Balaban J connectivity index is 1.42. The lowest BCUT2D eigenvalue weighted by Crippen LogP contribution is -2.37. The first kappa shape index (κ1) is 32.2. The zero-order valence-electron chi connectivity index (χ0n) is 27.5. The fraction of sp³-hybridized carbons (Fsp3) is 0.111. The SMILES string of the molecule is C[C@H](c1ccccc1)N(C)C(c1ccccc1P(c1ccccc1)c1ccccc1)C1C=CC=C1P(c1ccccc1)c1ccccc1. The van der Waals surface area contributed by atoms with Gasteiger partial charge in [0.2, 0.25) is 0 Å². The molecule has 0 amide bonds. The Morgan fingerprint density at radius 2 is 0.917 bits per heavy atom. The molecule has 1 aliphatic carbocycles. The molecule has 3 heteroatoms. The molecule has 0 N–H and O–H groups in total. The molecule has 0 saturated heterocycles.